The zero-order valence-corrected chi connectivity index (χ0v) is 18.0. The zero-order valence-electron chi connectivity index (χ0n) is 16.4. The number of aryl methyl sites for hydroxylation is 1. The first kappa shape index (κ1) is 24.4. The third kappa shape index (κ3) is 6.57. The van der Waals surface area contributed by atoms with Crippen LogP contribution in [0.3, 0.4) is 0 Å². The number of carbonyl (C=O) groups is 2. The number of hydrogen-bond acceptors (Lipinski definition) is 7. The highest BCUT2D eigenvalue weighted by Gasteiger charge is 2.49. The highest BCUT2D eigenvalue weighted by Crippen LogP contribution is 2.40. The molecule has 0 aromatic heterocycles. The van der Waals surface area contributed by atoms with Gasteiger partial charge in [-0.25, -0.2) is 4.79 Å². The quantitative estimate of drug-likeness (QED) is 0.300. The normalized spacial score (nSPS) is 15.3. The fraction of sp³-hybridized carbons (Fsp3) is 0.444. The van der Waals surface area contributed by atoms with Gasteiger partial charge in [-0.05, 0) is 30.7 Å². The molecule has 1 amide bonds. The van der Waals surface area contributed by atoms with Crippen molar-refractivity contribution in [2.45, 2.75) is 26.1 Å². The highest BCUT2D eigenvalue weighted by molar-refractivity contribution is 9.10. The highest BCUT2D eigenvalue weighted by atomic mass is 79.9. The SMILES string of the molecule is CC(=O)N(CCOC(=O)C1=Cc2cc(Br)cc(C)c2OC1C(F)(F)F)CCO[N+](=O)[O-]. The van der Waals surface area contributed by atoms with Gasteiger partial charge >= 0.3 is 12.1 Å². The monoisotopic (exact) mass is 510 g/mol. The van der Waals surface area contributed by atoms with Gasteiger partial charge in [0.1, 0.15) is 19.0 Å². The van der Waals surface area contributed by atoms with Crippen LogP contribution in [0.4, 0.5) is 13.2 Å². The van der Waals surface area contributed by atoms with E-state index in [-0.39, 0.29) is 24.4 Å². The molecule has 0 saturated heterocycles. The molecule has 0 aliphatic carbocycles. The molecule has 1 aromatic carbocycles. The molecule has 0 radical (unpaired) electrons. The Morgan fingerprint density at radius 3 is 2.52 bits per heavy atom. The molecular formula is C18H18BrF3N2O7. The average Bonchev–Trinajstić information content (AvgIpc) is 2.64. The molecule has 1 atom stereocenters. The van der Waals surface area contributed by atoms with Crippen molar-refractivity contribution in [2.75, 3.05) is 26.3 Å². The van der Waals surface area contributed by atoms with Crippen LogP contribution < -0.4 is 4.74 Å². The summed E-state index contributed by atoms with van der Waals surface area (Å²) in [7, 11) is 0. The summed E-state index contributed by atoms with van der Waals surface area (Å²) in [4.78, 5) is 39.3. The van der Waals surface area contributed by atoms with Gasteiger partial charge < -0.3 is 19.2 Å². The Kier molecular flexibility index (Phi) is 7.87. The van der Waals surface area contributed by atoms with Crippen molar-refractivity contribution >= 4 is 33.9 Å². The van der Waals surface area contributed by atoms with E-state index in [0.29, 0.717) is 10.0 Å². The van der Waals surface area contributed by atoms with Gasteiger partial charge in [-0.15, -0.1) is 10.1 Å². The predicted molar refractivity (Wildman–Crippen MR) is 103 cm³/mol. The first-order valence-corrected chi connectivity index (χ1v) is 9.64. The molecule has 1 aliphatic heterocycles. The van der Waals surface area contributed by atoms with Crippen molar-refractivity contribution in [3.8, 4) is 5.75 Å². The van der Waals surface area contributed by atoms with E-state index in [1.165, 1.54) is 13.0 Å². The minimum absolute atomic E-state index is 0.00983. The van der Waals surface area contributed by atoms with Crippen LogP contribution in [0.2, 0.25) is 0 Å². The number of nitrogens with zero attached hydrogens (tertiary/aromatic N) is 2. The Morgan fingerprint density at radius 2 is 1.94 bits per heavy atom. The lowest BCUT2D eigenvalue weighted by atomic mass is 9.99. The average molecular weight is 511 g/mol. The van der Waals surface area contributed by atoms with E-state index < -0.39 is 48.0 Å². The Bertz CT molecular complexity index is 905. The number of rotatable bonds is 8. The Morgan fingerprint density at radius 1 is 1.29 bits per heavy atom. The molecule has 31 heavy (non-hydrogen) atoms. The van der Waals surface area contributed by atoms with Crippen LogP contribution in [0, 0.1) is 17.0 Å². The number of carbonyl (C=O) groups excluding carboxylic acids is 2. The van der Waals surface area contributed by atoms with Crippen LogP contribution in [0.5, 0.6) is 5.75 Å². The van der Waals surface area contributed by atoms with Crippen LogP contribution in [-0.2, 0) is 19.2 Å². The van der Waals surface area contributed by atoms with E-state index >= 15 is 0 Å². The van der Waals surface area contributed by atoms with Crippen molar-refractivity contribution < 1.29 is 42.2 Å². The van der Waals surface area contributed by atoms with Gasteiger partial charge in [0.25, 0.3) is 5.09 Å². The summed E-state index contributed by atoms with van der Waals surface area (Å²) in [6, 6.07) is 3.09. The van der Waals surface area contributed by atoms with Crippen molar-refractivity contribution in [1.29, 1.82) is 0 Å². The Hall–Kier alpha value is -2.83. The molecule has 13 heteroatoms. The molecule has 1 aliphatic rings. The first-order valence-electron chi connectivity index (χ1n) is 8.85. The Balaban J connectivity index is 2.12. The molecule has 0 bridgehead atoms. The molecule has 170 valence electrons. The lowest BCUT2D eigenvalue weighted by molar-refractivity contribution is -0.757. The lowest BCUT2D eigenvalue weighted by Gasteiger charge is -2.29. The van der Waals surface area contributed by atoms with Gasteiger partial charge in [0.15, 0.2) is 0 Å². The summed E-state index contributed by atoms with van der Waals surface area (Å²) in [6.07, 6.45) is -6.32. The second kappa shape index (κ2) is 9.98. The molecule has 0 saturated carbocycles. The van der Waals surface area contributed by atoms with Gasteiger partial charge in [-0.3, -0.25) is 4.79 Å². The van der Waals surface area contributed by atoms with E-state index in [9.17, 15) is 32.9 Å². The molecule has 0 fully saturated rings. The smallest absolute Gasteiger partial charge is 0.430 e. The molecule has 1 heterocycles. The fourth-order valence-electron chi connectivity index (χ4n) is 2.84. The summed E-state index contributed by atoms with van der Waals surface area (Å²) in [5, 5.41) is 9.14. The number of benzene rings is 1. The van der Waals surface area contributed by atoms with Crippen LogP contribution >= 0.6 is 15.9 Å². The number of esters is 1. The summed E-state index contributed by atoms with van der Waals surface area (Å²) in [6.45, 7) is 1.58. The topological polar surface area (TPSA) is 108 Å². The van der Waals surface area contributed by atoms with E-state index in [2.05, 4.69) is 20.8 Å². The maximum absolute atomic E-state index is 13.5. The Labute approximate surface area is 183 Å². The predicted octanol–water partition coefficient (Wildman–Crippen LogP) is 3.06. The van der Waals surface area contributed by atoms with Crippen LogP contribution in [0.1, 0.15) is 18.1 Å². The molecule has 1 aromatic rings. The maximum atomic E-state index is 13.5. The van der Waals surface area contributed by atoms with Crippen LogP contribution in [0.25, 0.3) is 6.08 Å². The molecule has 1 unspecified atom stereocenters. The van der Waals surface area contributed by atoms with E-state index in [1.807, 2.05) is 0 Å². The van der Waals surface area contributed by atoms with Crippen molar-refractivity contribution in [2.24, 2.45) is 0 Å². The first-order chi connectivity index (χ1) is 14.4. The van der Waals surface area contributed by atoms with Crippen molar-refractivity contribution in [3.63, 3.8) is 0 Å². The summed E-state index contributed by atoms with van der Waals surface area (Å²) in [5.74, 6) is -1.73. The van der Waals surface area contributed by atoms with Gasteiger partial charge in [0.2, 0.25) is 12.0 Å². The molecular weight excluding hydrogens is 493 g/mol. The van der Waals surface area contributed by atoms with Gasteiger partial charge in [-0.1, -0.05) is 15.9 Å². The third-order valence-corrected chi connectivity index (χ3v) is 4.69. The second-order valence-corrected chi connectivity index (χ2v) is 7.39. The minimum Gasteiger partial charge on any atom is -0.475 e. The number of ether oxygens (including phenoxy) is 2. The number of fused-ring (bicyclic) bond motifs is 1. The fourth-order valence-corrected chi connectivity index (χ4v) is 3.43. The summed E-state index contributed by atoms with van der Waals surface area (Å²) < 4.78 is 51.2. The van der Waals surface area contributed by atoms with E-state index in [1.54, 1.807) is 13.0 Å². The number of alkyl halides is 3. The lowest BCUT2D eigenvalue weighted by Crippen LogP contribution is -2.41. The molecule has 0 N–H and O–H groups in total. The van der Waals surface area contributed by atoms with Gasteiger partial charge in [-0.2, -0.15) is 13.2 Å². The van der Waals surface area contributed by atoms with Crippen molar-refractivity contribution in [1.82, 2.24) is 4.90 Å². The van der Waals surface area contributed by atoms with Gasteiger partial charge in [0.05, 0.1) is 12.1 Å². The standard InChI is InChI=1S/C18H18BrF3N2O7/c1-10-7-13(19)8-12-9-14(16(18(20,21)22)31-15(10)12)17(26)29-5-3-23(11(2)25)4-6-30-24(27)28/h7-9,16H,3-6H2,1-2H3. The van der Waals surface area contributed by atoms with Gasteiger partial charge in [0, 0.05) is 23.5 Å². The van der Waals surface area contributed by atoms with Crippen molar-refractivity contribution in [3.05, 3.63) is 43.4 Å². The minimum atomic E-state index is -4.87. The zero-order chi connectivity index (χ0) is 23.3. The number of hydrogen-bond donors (Lipinski definition) is 0. The largest absolute Gasteiger partial charge is 0.475 e. The summed E-state index contributed by atoms with van der Waals surface area (Å²) >= 11 is 3.24. The van der Waals surface area contributed by atoms with Crippen LogP contribution in [0.15, 0.2) is 22.2 Å². The molecule has 0 spiro atoms. The van der Waals surface area contributed by atoms with E-state index in [4.69, 9.17) is 9.47 Å². The number of amides is 1. The summed E-state index contributed by atoms with van der Waals surface area (Å²) in [5.41, 5.74) is 0.00140. The molecule has 9 nitrogen and oxygen atoms in total. The van der Waals surface area contributed by atoms with E-state index in [0.717, 1.165) is 11.0 Å². The maximum Gasteiger partial charge on any atom is 0.430 e. The second-order valence-electron chi connectivity index (χ2n) is 6.48. The molecule has 2 rings (SSSR count). The van der Waals surface area contributed by atoms with Crippen LogP contribution in [-0.4, -0.2) is 60.4 Å². The number of halogens is 4. The third-order valence-electron chi connectivity index (χ3n) is 4.23.